The van der Waals surface area contributed by atoms with Crippen LogP contribution in [0.4, 0.5) is 0 Å². The highest BCUT2D eigenvalue weighted by molar-refractivity contribution is 7.09. The molecule has 0 saturated heterocycles. The summed E-state index contributed by atoms with van der Waals surface area (Å²) in [5, 5.41) is 19.9. The van der Waals surface area contributed by atoms with Gasteiger partial charge < -0.3 is 5.73 Å². The Labute approximate surface area is 185 Å². The van der Waals surface area contributed by atoms with Gasteiger partial charge in [-0.3, -0.25) is 10.8 Å². The highest BCUT2D eigenvalue weighted by atomic mass is 32.1. The predicted molar refractivity (Wildman–Crippen MR) is 131 cm³/mol. The molecule has 2 aromatic carbocycles. The Bertz CT molecular complexity index is 900. The van der Waals surface area contributed by atoms with Gasteiger partial charge in [-0.15, -0.1) is 11.3 Å². The lowest BCUT2D eigenvalue weighted by Crippen LogP contribution is -2.14. The Kier molecular flexibility index (Phi) is 12.2. The minimum absolute atomic E-state index is 0.265. The van der Waals surface area contributed by atoms with Crippen LogP contribution in [0.15, 0.2) is 60.0 Å². The molecule has 0 unspecified atom stereocenters. The molecule has 4 nitrogen and oxygen atoms in total. The first kappa shape index (κ1) is 25.4. The van der Waals surface area contributed by atoms with Crippen molar-refractivity contribution >= 4 is 22.8 Å². The quantitative estimate of drug-likeness (QED) is 0.305. The average molecular weight is 423 g/mol. The summed E-state index contributed by atoms with van der Waals surface area (Å²) < 4.78 is 0. The van der Waals surface area contributed by atoms with E-state index in [-0.39, 0.29) is 11.4 Å². The zero-order valence-corrected chi connectivity index (χ0v) is 19.4. The molecule has 0 atom stereocenters. The Hall–Kier alpha value is -2.63. The van der Waals surface area contributed by atoms with Crippen LogP contribution in [0.5, 0.6) is 0 Å². The minimum Gasteiger partial charge on any atom is -0.333 e. The molecule has 0 aliphatic carbocycles. The summed E-state index contributed by atoms with van der Waals surface area (Å²) >= 11 is 1.71. The van der Waals surface area contributed by atoms with Crippen molar-refractivity contribution in [3.8, 4) is 0 Å². The van der Waals surface area contributed by atoms with E-state index in [1.807, 2.05) is 69.3 Å². The highest BCUT2D eigenvalue weighted by Crippen LogP contribution is 2.14. The molecule has 0 radical (unpaired) electrons. The van der Waals surface area contributed by atoms with Gasteiger partial charge in [0.05, 0.1) is 22.1 Å². The van der Waals surface area contributed by atoms with E-state index in [0.29, 0.717) is 0 Å². The first-order valence-electron chi connectivity index (χ1n) is 10.4. The van der Waals surface area contributed by atoms with Gasteiger partial charge in [0.2, 0.25) is 0 Å². The van der Waals surface area contributed by atoms with Gasteiger partial charge in [-0.25, -0.2) is 4.98 Å². The maximum atomic E-state index is 8.37. The van der Waals surface area contributed by atoms with Crippen LogP contribution in [0.1, 0.15) is 54.1 Å². The van der Waals surface area contributed by atoms with Crippen molar-refractivity contribution < 1.29 is 0 Å². The average Bonchev–Trinajstić information content (AvgIpc) is 3.24. The van der Waals surface area contributed by atoms with E-state index in [0.717, 1.165) is 41.8 Å². The summed E-state index contributed by atoms with van der Waals surface area (Å²) in [6.07, 6.45) is 4.23. The third-order valence-electron chi connectivity index (χ3n) is 4.34. The monoisotopic (exact) mass is 422 g/mol. The molecule has 3 rings (SSSR count). The molecular formula is C25H34N4S. The Morgan fingerprint density at radius 3 is 2.10 bits per heavy atom. The van der Waals surface area contributed by atoms with Crippen molar-refractivity contribution in [2.24, 2.45) is 5.73 Å². The van der Waals surface area contributed by atoms with Gasteiger partial charge in [0.1, 0.15) is 0 Å². The molecule has 5 heteroatoms. The number of aryl methyl sites for hydroxylation is 3. The lowest BCUT2D eigenvalue weighted by Gasteiger charge is -2.09. The summed E-state index contributed by atoms with van der Waals surface area (Å²) in [4.78, 5) is 4.51. The van der Waals surface area contributed by atoms with Crippen LogP contribution in [-0.4, -0.2) is 23.5 Å². The third-order valence-corrected chi connectivity index (χ3v) is 5.17. The molecule has 1 heterocycles. The molecule has 0 aliphatic rings. The van der Waals surface area contributed by atoms with Crippen molar-refractivity contribution in [1.29, 1.82) is 10.8 Å². The Morgan fingerprint density at radius 1 is 0.867 bits per heavy atom. The fraction of sp³-hybridized carbons (Fsp3) is 0.320. The van der Waals surface area contributed by atoms with Crippen LogP contribution in [0, 0.1) is 17.7 Å². The summed E-state index contributed by atoms with van der Waals surface area (Å²) in [7, 11) is 1.50. The van der Waals surface area contributed by atoms with E-state index in [9.17, 15) is 0 Å². The lowest BCUT2D eigenvalue weighted by molar-refractivity contribution is 0.724. The number of nitrogens with one attached hydrogen (secondary N) is 2. The first-order chi connectivity index (χ1) is 14.6. The minimum atomic E-state index is 0.265. The number of nitrogens with two attached hydrogens (primary N) is 1. The maximum absolute atomic E-state index is 8.37. The van der Waals surface area contributed by atoms with Gasteiger partial charge in [-0.2, -0.15) is 0 Å². The van der Waals surface area contributed by atoms with Gasteiger partial charge in [0.25, 0.3) is 0 Å². The first-order valence-corrected chi connectivity index (χ1v) is 11.3. The van der Waals surface area contributed by atoms with Crippen molar-refractivity contribution in [3.05, 3.63) is 87.4 Å². The fourth-order valence-electron chi connectivity index (χ4n) is 2.93. The summed E-state index contributed by atoms with van der Waals surface area (Å²) in [6, 6.07) is 17.5. The molecule has 0 bridgehead atoms. The van der Waals surface area contributed by atoms with Crippen LogP contribution in [-0.2, 0) is 12.8 Å². The molecule has 0 amide bonds. The second-order valence-electron chi connectivity index (χ2n) is 6.38. The van der Waals surface area contributed by atoms with Gasteiger partial charge in [-0.05, 0) is 51.3 Å². The van der Waals surface area contributed by atoms with Crippen molar-refractivity contribution in [2.75, 3.05) is 7.05 Å². The van der Waals surface area contributed by atoms with Gasteiger partial charge in [-0.1, -0.05) is 62.4 Å². The summed E-state index contributed by atoms with van der Waals surface area (Å²) in [5.41, 5.74) is 9.05. The van der Waals surface area contributed by atoms with E-state index >= 15 is 0 Å². The number of thiazole rings is 1. The van der Waals surface area contributed by atoms with Gasteiger partial charge in [0.15, 0.2) is 0 Å². The zero-order chi connectivity index (χ0) is 22.4. The van der Waals surface area contributed by atoms with E-state index in [4.69, 9.17) is 10.8 Å². The van der Waals surface area contributed by atoms with Crippen molar-refractivity contribution in [3.63, 3.8) is 0 Å². The van der Waals surface area contributed by atoms with Gasteiger partial charge >= 0.3 is 0 Å². The predicted octanol–water partition coefficient (Wildman–Crippen LogP) is 6.05. The lowest BCUT2D eigenvalue weighted by atomic mass is 9.97. The van der Waals surface area contributed by atoms with Crippen LogP contribution < -0.4 is 5.73 Å². The summed E-state index contributed by atoms with van der Waals surface area (Å²) in [6.45, 7) is 6.04. The summed E-state index contributed by atoms with van der Waals surface area (Å²) in [5.74, 6) is 0. The molecule has 30 heavy (non-hydrogen) atoms. The molecule has 3 aromatic rings. The van der Waals surface area contributed by atoms with Crippen molar-refractivity contribution in [1.82, 2.24) is 4.98 Å². The largest absolute Gasteiger partial charge is 0.333 e. The van der Waals surface area contributed by atoms with E-state index in [2.05, 4.69) is 22.2 Å². The van der Waals surface area contributed by atoms with Crippen LogP contribution in [0.25, 0.3) is 0 Å². The Morgan fingerprint density at radius 2 is 1.47 bits per heavy atom. The number of unbranched alkanes of at least 4 members (excludes halogenated alkanes) is 1. The van der Waals surface area contributed by atoms with Crippen LogP contribution in [0.3, 0.4) is 0 Å². The number of hydrogen-bond acceptors (Lipinski definition) is 5. The van der Waals surface area contributed by atoms with E-state index < -0.39 is 0 Å². The molecule has 0 fully saturated rings. The second kappa shape index (κ2) is 14.4. The standard InChI is InChI=1S/C22H23N3S.C2H6.CH5N/c1-16-25-20(15-26-16)13-6-5-8-17-9-7-12-19(14-17)22(24)21(23)18-10-3-2-4-11-18;2*1-2/h2-4,7,9-12,14-15,23-24H,5-6,8,13H2,1H3;1-2H3;2H2,1H3. The Balaban J connectivity index is 0.00000106. The molecule has 0 spiro atoms. The SMILES string of the molecule is CC.CN.Cc1nc(CCCCc2cccc(C(=N)C(=N)c3ccccc3)c2)cs1. The van der Waals surface area contributed by atoms with Crippen LogP contribution >= 0.6 is 11.3 Å². The van der Waals surface area contributed by atoms with Crippen molar-refractivity contribution in [2.45, 2.75) is 46.5 Å². The number of aromatic nitrogens is 1. The van der Waals surface area contributed by atoms with E-state index in [1.165, 1.54) is 18.3 Å². The molecule has 4 N–H and O–H groups in total. The highest BCUT2D eigenvalue weighted by Gasteiger charge is 2.10. The fourth-order valence-corrected chi connectivity index (χ4v) is 3.58. The number of rotatable bonds is 8. The molecule has 160 valence electrons. The molecule has 0 saturated carbocycles. The number of benzene rings is 2. The normalized spacial score (nSPS) is 9.63. The maximum Gasteiger partial charge on any atom is 0.0897 e. The number of hydrogen-bond donors (Lipinski definition) is 3. The van der Waals surface area contributed by atoms with E-state index in [1.54, 1.807) is 11.3 Å². The molecule has 1 aromatic heterocycles. The molecule has 0 aliphatic heterocycles. The second-order valence-corrected chi connectivity index (χ2v) is 7.44. The number of nitrogens with zero attached hydrogens (tertiary/aromatic N) is 1. The van der Waals surface area contributed by atoms with Crippen LogP contribution in [0.2, 0.25) is 0 Å². The zero-order valence-electron chi connectivity index (χ0n) is 18.5. The third kappa shape index (κ3) is 8.01. The van der Waals surface area contributed by atoms with Gasteiger partial charge in [0, 0.05) is 16.5 Å². The smallest absolute Gasteiger partial charge is 0.0897 e. The molecular weight excluding hydrogens is 388 g/mol. The topological polar surface area (TPSA) is 86.6 Å².